The lowest BCUT2D eigenvalue weighted by atomic mass is 10.1. The fourth-order valence-corrected chi connectivity index (χ4v) is 1.78. The van der Waals surface area contributed by atoms with Gasteiger partial charge in [-0.05, 0) is 19.3 Å². The first kappa shape index (κ1) is 11.3. The molecule has 1 aliphatic carbocycles. The molecule has 1 aliphatic rings. The quantitative estimate of drug-likeness (QED) is 0.630. The number of aliphatic hydroxyl groups excluding tert-OH is 1. The molecule has 0 radical (unpaired) electrons. The third-order valence-electron chi connectivity index (χ3n) is 2.68. The lowest BCUT2D eigenvalue weighted by Crippen LogP contribution is -2.39. The molecule has 0 saturated heterocycles. The monoisotopic (exact) mass is 200 g/mol. The second-order valence-corrected chi connectivity index (χ2v) is 3.90. The normalized spacial score (nSPS) is 26.1. The summed E-state index contributed by atoms with van der Waals surface area (Å²) in [6, 6.07) is -0.119. The number of hydrogen-bond donors (Lipinski definition) is 3. The van der Waals surface area contributed by atoms with Gasteiger partial charge in [-0.25, -0.2) is 4.79 Å². The maximum Gasteiger partial charge on any atom is 0.314 e. The van der Waals surface area contributed by atoms with Crippen LogP contribution in [0.15, 0.2) is 0 Å². The zero-order chi connectivity index (χ0) is 10.4. The second-order valence-electron chi connectivity index (χ2n) is 3.90. The highest BCUT2D eigenvalue weighted by atomic mass is 16.3. The van der Waals surface area contributed by atoms with Crippen LogP contribution in [0.5, 0.6) is 0 Å². The lowest BCUT2D eigenvalue weighted by Gasteiger charge is -2.15. The summed E-state index contributed by atoms with van der Waals surface area (Å²) < 4.78 is 0. The van der Waals surface area contributed by atoms with Crippen LogP contribution in [0.2, 0.25) is 0 Å². The van der Waals surface area contributed by atoms with E-state index in [9.17, 15) is 9.90 Å². The van der Waals surface area contributed by atoms with Crippen LogP contribution in [0.4, 0.5) is 4.79 Å². The molecule has 2 atom stereocenters. The zero-order valence-electron chi connectivity index (χ0n) is 8.75. The van der Waals surface area contributed by atoms with Gasteiger partial charge in [0.2, 0.25) is 0 Å². The van der Waals surface area contributed by atoms with E-state index in [4.69, 9.17) is 0 Å². The van der Waals surface area contributed by atoms with Gasteiger partial charge >= 0.3 is 6.03 Å². The third-order valence-corrected chi connectivity index (χ3v) is 2.68. The smallest absolute Gasteiger partial charge is 0.314 e. The number of amides is 2. The molecule has 0 aromatic heterocycles. The summed E-state index contributed by atoms with van der Waals surface area (Å²) in [6.45, 7) is 3.32. The van der Waals surface area contributed by atoms with E-state index in [1.807, 2.05) is 6.92 Å². The Kier molecular flexibility index (Phi) is 4.73. The first-order chi connectivity index (χ1) is 6.74. The van der Waals surface area contributed by atoms with Crippen LogP contribution in [0.3, 0.4) is 0 Å². The minimum absolute atomic E-state index is 0.119. The number of carbonyl (C=O) groups excluding carboxylic acids is 1. The van der Waals surface area contributed by atoms with E-state index in [2.05, 4.69) is 10.6 Å². The minimum atomic E-state index is -0.221. The molecule has 0 heterocycles. The van der Waals surface area contributed by atoms with Crippen LogP contribution in [0, 0.1) is 5.92 Å². The maximum absolute atomic E-state index is 11.2. The Balaban J connectivity index is 2.10. The summed E-state index contributed by atoms with van der Waals surface area (Å²) in [5, 5.41) is 15.0. The summed E-state index contributed by atoms with van der Waals surface area (Å²) in [5.74, 6) is 0.252. The summed E-state index contributed by atoms with van der Waals surface area (Å²) in [5.41, 5.74) is 0. The van der Waals surface area contributed by atoms with Crippen LogP contribution in [-0.4, -0.2) is 30.3 Å². The van der Waals surface area contributed by atoms with E-state index in [-0.39, 0.29) is 18.1 Å². The number of nitrogens with one attached hydrogen (secondary N) is 2. The average molecular weight is 200 g/mol. The van der Waals surface area contributed by atoms with Crippen LogP contribution < -0.4 is 10.6 Å². The van der Waals surface area contributed by atoms with Gasteiger partial charge in [-0.2, -0.15) is 0 Å². The van der Waals surface area contributed by atoms with Crippen molar-refractivity contribution in [3.05, 3.63) is 0 Å². The average Bonchev–Trinajstić information content (AvgIpc) is 2.58. The van der Waals surface area contributed by atoms with Crippen molar-refractivity contribution in [3.63, 3.8) is 0 Å². The minimum Gasteiger partial charge on any atom is -0.393 e. The molecular formula is C10H20N2O2. The Hall–Kier alpha value is -0.770. The molecule has 0 aromatic rings. The highest BCUT2D eigenvalue weighted by molar-refractivity contribution is 5.73. The number of carbonyl (C=O) groups is 1. The fourth-order valence-electron chi connectivity index (χ4n) is 1.78. The third kappa shape index (κ3) is 3.54. The maximum atomic E-state index is 11.2. The van der Waals surface area contributed by atoms with Gasteiger partial charge in [-0.15, -0.1) is 0 Å². The molecule has 0 aliphatic heterocycles. The standard InChI is InChI=1S/C10H20N2O2/c1-2-6-11-10(14)12-7-8-4-3-5-9(8)13/h8-9,13H,2-7H2,1H3,(H2,11,12,14). The van der Waals surface area contributed by atoms with E-state index in [1.54, 1.807) is 0 Å². The molecule has 4 heteroatoms. The molecule has 2 amide bonds. The SMILES string of the molecule is CCCNC(=O)NCC1CCCC1O. The number of hydrogen-bond acceptors (Lipinski definition) is 2. The molecule has 1 rings (SSSR count). The predicted octanol–water partition coefficient (Wildman–Crippen LogP) is 0.857. The van der Waals surface area contributed by atoms with Crippen molar-refractivity contribution in [1.29, 1.82) is 0 Å². The first-order valence-electron chi connectivity index (χ1n) is 5.43. The van der Waals surface area contributed by atoms with E-state index >= 15 is 0 Å². The lowest BCUT2D eigenvalue weighted by molar-refractivity contribution is 0.132. The topological polar surface area (TPSA) is 61.4 Å². The summed E-state index contributed by atoms with van der Waals surface area (Å²) in [7, 11) is 0. The van der Waals surface area contributed by atoms with Crippen molar-refractivity contribution >= 4 is 6.03 Å². The van der Waals surface area contributed by atoms with Gasteiger partial charge in [0.05, 0.1) is 6.10 Å². The zero-order valence-corrected chi connectivity index (χ0v) is 8.75. The van der Waals surface area contributed by atoms with Crippen molar-refractivity contribution in [2.75, 3.05) is 13.1 Å². The Labute approximate surface area is 85.1 Å². The molecule has 3 N–H and O–H groups in total. The molecule has 14 heavy (non-hydrogen) atoms. The number of urea groups is 1. The van der Waals surface area contributed by atoms with E-state index < -0.39 is 0 Å². The molecule has 1 saturated carbocycles. The summed E-state index contributed by atoms with van der Waals surface area (Å²) >= 11 is 0. The summed E-state index contributed by atoms with van der Waals surface area (Å²) in [6.07, 6.45) is 3.70. The van der Waals surface area contributed by atoms with Gasteiger partial charge in [0.1, 0.15) is 0 Å². The van der Waals surface area contributed by atoms with Crippen LogP contribution >= 0.6 is 0 Å². The van der Waals surface area contributed by atoms with Gasteiger partial charge in [0.25, 0.3) is 0 Å². The molecule has 1 fully saturated rings. The van der Waals surface area contributed by atoms with Crippen molar-refractivity contribution in [2.24, 2.45) is 5.92 Å². The van der Waals surface area contributed by atoms with E-state index in [1.165, 1.54) is 0 Å². The molecule has 0 spiro atoms. The first-order valence-corrected chi connectivity index (χ1v) is 5.43. The molecule has 82 valence electrons. The Morgan fingerprint density at radius 2 is 2.21 bits per heavy atom. The van der Waals surface area contributed by atoms with Crippen molar-refractivity contribution in [1.82, 2.24) is 10.6 Å². The van der Waals surface area contributed by atoms with Crippen molar-refractivity contribution in [3.8, 4) is 0 Å². The van der Waals surface area contributed by atoms with Crippen LogP contribution in [0.1, 0.15) is 32.6 Å². The van der Waals surface area contributed by atoms with Crippen LogP contribution in [-0.2, 0) is 0 Å². The highest BCUT2D eigenvalue weighted by Gasteiger charge is 2.25. The van der Waals surface area contributed by atoms with Gasteiger partial charge in [0.15, 0.2) is 0 Å². The van der Waals surface area contributed by atoms with Crippen molar-refractivity contribution < 1.29 is 9.90 Å². The molecule has 0 aromatic carbocycles. The second kappa shape index (κ2) is 5.86. The molecule has 0 bridgehead atoms. The Bertz CT molecular complexity index is 185. The predicted molar refractivity (Wildman–Crippen MR) is 55.0 cm³/mol. The highest BCUT2D eigenvalue weighted by Crippen LogP contribution is 2.24. The van der Waals surface area contributed by atoms with Gasteiger partial charge < -0.3 is 15.7 Å². The van der Waals surface area contributed by atoms with E-state index in [0.29, 0.717) is 13.1 Å². The van der Waals surface area contributed by atoms with Crippen LogP contribution in [0.25, 0.3) is 0 Å². The van der Waals surface area contributed by atoms with Crippen molar-refractivity contribution in [2.45, 2.75) is 38.7 Å². The van der Waals surface area contributed by atoms with Gasteiger partial charge in [-0.1, -0.05) is 13.3 Å². The largest absolute Gasteiger partial charge is 0.393 e. The Morgan fingerprint density at radius 3 is 2.79 bits per heavy atom. The summed E-state index contributed by atoms with van der Waals surface area (Å²) in [4.78, 5) is 11.2. The molecular weight excluding hydrogens is 180 g/mol. The molecule has 2 unspecified atom stereocenters. The number of rotatable bonds is 4. The fraction of sp³-hybridized carbons (Fsp3) is 0.900. The van der Waals surface area contributed by atoms with E-state index in [0.717, 1.165) is 25.7 Å². The Morgan fingerprint density at radius 1 is 1.43 bits per heavy atom. The molecule has 4 nitrogen and oxygen atoms in total. The van der Waals surface area contributed by atoms with Gasteiger partial charge in [0, 0.05) is 19.0 Å². The van der Waals surface area contributed by atoms with Gasteiger partial charge in [-0.3, -0.25) is 0 Å². The number of aliphatic hydroxyl groups is 1.